The third-order valence-corrected chi connectivity index (χ3v) is 4.47. The summed E-state index contributed by atoms with van der Waals surface area (Å²) in [5.74, 6) is -1.06. The van der Waals surface area contributed by atoms with E-state index in [1.165, 1.54) is 24.4 Å². The summed E-state index contributed by atoms with van der Waals surface area (Å²) < 4.78 is 37.8. The summed E-state index contributed by atoms with van der Waals surface area (Å²) in [4.78, 5) is 32.5. The number of nitrogens with zero attached hydrogens (tertiary/aromatic N) is 3. The van der Waals surface area contributed by atoms with Crippen LogP contribution in [0.15, 0.2) is 36.7 Å². The monoisotopic (exact) mass is 394 g/mol. The number of aromatic carboxylic acids is 1. The Morgan fingerprint density at radius 3 is 2.29 bits per heavy atom. The standard InChI is InChI=1S/C18H17F3N4O3/c19-18(20,21)12-2-4-15(23-10-12)25-7-5-13(6-8-25)24-16(26)11-1-3-14(17(27)28)22-9-11/h1-4,9-10,13H,5-8H2,(H,24,26)(H,27,28). The van der Waals surface area contributed by atoms with Crippen LogP contribution in [-0.4, -0.2) is 46.1 Å². The van der Waals surface area contributed by atoms with Crippen LogP contribution in [0.4, 0.5) is 19.0 Å². The molecule has 148 valence electrons. The van der Waals surface area contributed by atoms with Gasteiger partial charge in [0.25, 0.3) is 5.91 Å². The Hall–Kier alpha value is -3.17. The molecule has 1 saturated heterocycles. The third kappa shape index (κ3) is 4.56. The van der Waals surface area contributed by atoms with Crippen LogP contribution in [0.25, 0.3) is 0 Å². The van der Waals surface area contributed by atoms with E-state index in [-0.39, 0.29) is 23.2 Å². The molecule has 1 aliphatic rings. The van der Waals surface area contributed by atoms with Crippen molar-refractivity contribution in [2.24, 2.45) is 0 Å². The van der Waals surface area contributed by atoms with E-state index in [0.717, 1.165) is 12.3 Å². The van der Waals surface area contributed by atoms with Gasteiger partial charge in [-0.1, -0.05) is 0 Å². The molecule has 3 rings (SSSR count). The maximum absolute atomic E-state index is 12.6. The molecule has 10 heteroatoms. The summed E-state index contributed by atoms with van der Waals surface area (Å²) in [7, 11) is 0. The number of carboxylic acid groups (broad SMARTS) is 1. The van der Waals surface area contributed by atoms with Gasteiger partial charge in [0.15, 0.2) is 0 Å². The van der Waals surface area contributed by atoms with Crippen LogP contribution in [0.1, 0.15) is 39.3 Å². The Morgan fingerprint density at radius 2 is 1.79 bits per heavy atom. The predicted molar refractivity (Wildman–Crippen MR) is 93.1 cm³/mol. The maximum Gasteiger partial charge on any atom is 0.417 e. The van der Waals surface area contributed by atoms with Crippen molar-refractivity contribution in [3.05, 3.63) is 53.5 Å². The number of pyridine rings is 2. The highest BCUT2D eigenvalue weighted by Gasteiger charge is 2.31. The highest BCUT2D eigenvalue weighted by Crippen LogP contribution is 2.29. The van der Waals surface area contributed by atoms with Crippen LogP contribution in [0.5, 0.6) is 0 Å². The zero-order chi connectivity index (χ0) is 20.3. The van der Waals surface area contributed by atoms with E-state index >= 15 is 0 Å². The Morgan fingerprint density at radius 1 is 1.07 bits per heavy atom. The molecule has 0 radical (unpaired) electrons. The van der Waals surface area contributed by atoms with Gasteiger partial charge in [-0.2, -0.15) is 13.2 Å². The molecule has 1 amide bonds. The fourth-order valence-electron chi connectivity index (χ4n) is 2.92. The summed E-state index contributed by atoms with van der Waals surface area (Å²) in [5, 5.41) is 11.7. The molecule has 28 heavy (non-hydrogen) atoms. The molecule has 0 bridgehead atoms. The van der Waals surface area contributed by atoms with Gasteiger partial charge in [-0.3, -0.25) is 4.79 Å². The lowest BCUT2D eigenvalue weighted by Gasteiger charge is -2.33. The molecule has 0 aliphatic carbocycles. The second kappa shape index (κ2) is 7.83. The molecule has 2 aromatic rings. The van der Waals surface area contributed by atoms with E-state index in [4.69, 9.17) is 5.11 Å². The summed E-state index contributed by atoms with van der Waals surface area (Å²) in [6.45, 7) is 1.08. The fraction of sp³-hybridized carbons (Fsp3) is 0.333. The van der Waals surface area contributed by atoms with Crippen molar-refractivity contribution in [2.45, 2.75) is 25.1 Å². The van der Waals surface area contributed by atoms with Gasteiger partial charge < -0.3 is 15.3 Å². The average molecular weight is 394 g/mol. The topological polar surface area (TPSA) is 95.4 Å². The molecule has 0 spiro atoms. The van der Waals surface area contributed by atoms with Gasteiger partial charge >= 0.3 is 12.1 Å². The lowest BCUT2D eigenvalue weighted by atomic mass is 10.0. The molecular weight excluding hydrogens is 377 g/mol. The van der Waals surface area contributed by atoms with E-state index in [1.807, 2.05) is 4.90 Å². The van der Waals surface area contributed by atoms with Crippen molar-refractivity contribution in [3.63, 3.8) is 0 Å². The zero-order valence-electron chi connectivity index (χ0n) is 14.6. The molecule has 0 unspecified atom stereocenters. The third-order valence-electron chi connectivity index (χ3n) is 4.47. The molecular formula is C18H17F3N4O3. The van der Waals surface area contributed by atoms with Gasteiger partial charge in [0.05, 0.1) is 11.1 Å². The van der Waals surface area contributed by atoms with Crippen LogP contribution in [-0.2, 0) is 6.18 Å². The van der Waals surface area contributed by atoms with E-state index in [1.54, 1.807) is 0 Å². The maximum atomic E-state index is 12.6. The first-order valence-corrected chi connectivity index (χ1v) is 8.52. The zero-order valence-corrected chi connectivity index (χ0v) is 14.6. The number of rotatable bonds is 4. The van der Waals surface area contributed by atoms with Gasteiger partial charge in [0, 0.05) is 31.5 Å². The molecule has 7 nitrogen and oxygen atoms in total. The van der Waals surface area contributed by atoms with Crippen molar-refractivity contribution in [3.8, 4) is 0 Å². The van der Waals surface area contributed by atoms with Gasteiger partial charge in [0.1, 0.15) is 11.5 Å². The molecule has 0 atom stereocenters. The number of piperidine rings is 1. The van der Waals surface area contributed by atoms with E-state index in [9.17, 15) is 22.8 Å². The molecule has 1 aliphatic heterocycles. The number of halogens is 3. The predicted octanol–water partition coefficient (Wildman–Crippen LogP) is 2.59. The van der Waals surface area contributed by atoms with Crippen molar-refractivity contribution < 1.29 is 27.9 Å². The van der Waals surface area contributed by atoms with E-state index in [0.29, 0.717) is 31.7 Å². The number of anilines is 1. The van der Waals surface area contributed by atoms with E-state index < -0.39 is 17.7 Å². The minimum Gasteiger partial charge on any atom is -0.477 e. The number of hydrogen-bond donors (Lipinski definition) is 2. The average Bonchev–Trinajstić information content (AvgIpc) is 2.68. The first-order valence-electron chi connectivity index (χ1n) is 8.52. The molecule has 1 fully saturated rings. The molecule has 0 aromatic carbocycles. The lowest BCUT2D eigenvalue weighted by Crippen LogP contribution is -2.45. The largest absolute Gasteiger partial charge is 0.477 e. The van der Waals surface area contributed by atoms with Crippen molar-refractivity contribution >= 4 is 17.7 Å². The summed E-state index contributed by atoms with van der Waals surface area (Å²) >= 11 is 0. The van der Waals surface area contributed by atoms with E-state index in [2.05, 4.69) is 15.3 Å². The van der Waals surface area contributed by atoms with Gasteiger partial charge in [-0.15, -0.1) is 0 Å². The van der Waals surface area contributed by atoms with Gasteiger partial charge in [-0.05, 0) is 37.1 Å². The quantitative estimate of drug-likeness (QED) is 0.828. The normalized spacial score (nSPS) is 15.3. The van der Waals surface area contributed by atoms with Crippen molar-refractivity contribution in [2.75, 3.05) is 18.0 Å². The number of aromatic nitrogens is 2. The SMILES string of the molecule is O=C(NC1CCN(c2ccc(C(F)(F)F)cn2)CC1)c1ccc(C(=O)O)nc1. The Labute approximate surface area is 158 Å². The number of carbonyl (C=O) groups is 2. The minimum absolute atomic E-state index is 0.0997. The van der Waals surface area contributed by atoms with Crippen molar-refractivity contribution in [1.29, 1.82) is 0 Å². The molecule has 2 aromatic heterocycles. The highest BCUT2D eigenvalue weighted by atomic mass is 19.4. The molecule has 3 heterocycles. The number of carbonyl (C=O) groups excluding carboxylic acids is 1. The first-order chi connectivity index (χ1) is 13.2. The van der Waals surface area contributed by atoms with Crippen LogP contribution < -0.4 is 10.2 Å². The number of alkyl halides is 3. The smallest absolute Gasteiger partial charge is 0.417 e. The first kappa shape index (κ1) is 19.6. The summed E-state index contributed by atoms with van der Waals surface area (Å²) in [6, 6.07) is 4.90. The van der Waals surface area contributed by atoms with Crippen molar-refractivity contribution in [1.82, 2.24) is 15.3 Å². The second-order valence-electron chi connectivity index (χ2n) is 6.37. The van der Waals surface area contributed by atoms with Crippen LogP contribution in [0.2, 0.25) is 0 Å². The number of carboxylic acids is 1. The Bertz CT molecular complexity index is 846. The Balaban J connectivity index is 1.53. The molecule has 2 N–H and O–H groups in total. The minimum atomic E-state index is -4.42. The number of nitrogens with one attached hydrogen (secondary N) is 1. The van der Waals surface area contributed by atoms with Crippen LogP contribution in [0.3, 0.4) is 0 Å². The van der Waals surface area contributed by atoms with Crippen LogP contribution in [0, 0.1) is 0 Å². The lowest BCUT2D eigenvalue weighted by molar-refractivity contribution is -0.137. The number of amides is 1. The number of hydrogen-bond acceptors (Lipinski definition) is 5. The Kier molecular flexibility index (Phi) is 5.48. The fourth-order valence-corrected chi connectivity index (χ4v) is 2.92. The summed E-state index contributed by atoms with van der Waals surface area (Å²) in [5.41, 5.74) is -0.674. The second-order valence-corrected chi connectivity index (χ2v) is 6.37. The van der Waals surface area contributed by atoms with Gasteiger partial charge in [-0.25, -0.2) is 14.8 Å². The summed E-state index contributed by atoms with van der Waals surface area (Å²) in [6.07, 6.45) is -1.18. The van der Waals surface area contributed by atoms with Crippen LogP contribution >= 0.6 is 0 Å². The molecule has 0 saturated carbocycles. The van der Waals surface area contributed by atoms with Gasteiger partial charge in [0.2, 0.25) is 0 Å². The highest BCUT2D eigenvalue weighted by molar-refractivity contribution is 5.95.